The first-order chi connectivity index (χ1) is 23.3. The lowest BCUT2D eigenvalue weighted by Gasteiger charge is -2.30. The Hall–Kier alpha value is -4.70. The van der Waals surface area contributed by atoms with Gasteiger partial charge < -0.3 is 24.3 Å². The largest absolute Gasteiger partial charge is 0.462 e. The highest BCUT2D eigenvalue weighted by Gasteiger charge is 2.45. The van der Waals surface area contributed by atoms with E-state index in [9.17, 15) is 19.2 Å². The topological polar surface area (TPSA) is 120 Å². The Bertz CT molecular complexity index is 1610. The van der Waals surface area contributed by atoms with E-state index in [0.717, 1.165) is 27.8 Å². The van der Waals surface area contributed by atoms with Crippen LogP contribution in [0, 0.1) is 5.92 Å². The molecule has 3 aromatic carbocycles. The first kappa shape index (κ1) is 35.6. The normalized spacial score (nSPS) is 18.9. The quantitative estimate of drug-likeness (QED) is 0.195. The summed E-state index contributed by atoms with van der Waals surface area (Å²) in [7, 11) is 0. The van der Waals surface area contributed by atoms with E-state index in [1.165, 1.54) is 11.8 Å². The van der Waals surface area contributed by atoms with Gasteiger partial charge in [-0.25, -0.2) is 9.59 Å². The van der Waals surface area contributed by atoms with Gasteiger partial charge in [0.1, 0.15) is 31.4 Å². The number of likely N-dealkylation sites (tertiary alicyclic amines) is 1. The zero-order chi connectivity index (χ0) is 35.3. The van der Waals surface area contributed by atoms with Crippen molar-refractivity contribution in [3.05, 3.63) is 95.6 Å². The molecule has 0 aromatic heterocycles. The third-order valence-electron chi connectivity index (χ3n) is 9.05. The van der Waals surface area contributed by atoms with Gasteiger partial charge in [-0.1, -0.05) is 85.8 Å². The lowest BCUT2D eigenvalue weighted by Crippen LogP contribution is -2.55. The fourth-order valence-electron chi connectivity index (χ4n) is 6.62. The molecule has 10 nitrogen and oxygen atoms in total. The van der Waals surface area contributed by atoms with Gasteiger partial charge in [-0.05, 0) is 55.5 Å². The van der Waals surface area contributed by atoms with Crippen molar-refractivity contribution in [2.75, 3.05) is 13.2 Å². The molecule has 1 fully saturated rings. The molecule has 1 saturated heterocycles. The summed E-state index contributed by atoms with van der Waals surface area (Å²) in [4.78, 5) is 54.5. The summed E-state index contributed by atoms with van der Waals surface area (Å²) < 4.78 is 23.2. The van der Waals surface area contributed by atoms with Crippen molar-refractivity contribution in [3.63, 3.8) is 0 Å². The highest BCUT2D eigenvalue weighted by atomic mass is 16.6. The van der Waals surface area contributed by atoms with Crippen molar-refractivity contribution in [1.29, 1.82) is 0 Å². The van der Waals surface area contributed by atoms with E-state index in [1.54, 1.807) is 13.8 Å². The second-order valence-corrected chi connectivity index (χ2v) is 13.8. The van der Waals surface area contributed by atoms with Gasteiger partial charge in [-0.2, -0.15) is 0 Å². The molecule has 3 aromatic rings. The van der Waals surface area contributed by atoms with Crippen LogP contribution in [0.2, 0.25) is 0 Å². The molecule has 260 valence electrons. The summed E-state index contributed by atoms with van der Waals surface area (Å²) in [5, 5.41) is 2.83. The third-order valence-corrected chi connectivity index (χ3v) is 9.05. The summed E-state index contributed by atoms with van der Waals surface area (Å²) in [5.74, 6) is -2.56. The van der Waals surface area contributed by atoms with Crippen molar-refractivity contribution in [1.82, 2.24) is 10.2 Å². The van der Waals surface area contributed by atoms with Crippen LogP contribution in [0.4, 0.5) is 4.79 Å². The number of amides is 2. The SMILES string of the molecule is CC(=O)OC(C)[C@H](C)C(NC(=O)[C@@H]1C[C@@H](OC(C)(C)C)CN1C(=O)OCC1c2ccccc2-c2ccccc21)C(=O)OCc1ccccc1. The molecule has 0 spiro atoms. The number of nitrogens with zero attached hydrogens (tertiary/aromatic N) is 1. The molecule has 1 aliphatic heterocycles. The average molecular weight is 671 g/mol. The van der Waals surface area contributed by atoms with Crippen LogP contribution in [0.5, 0.6) is 0 Å². The molecule has 2 aliphatic rings. The number of ether oxygens (including phenoxy) is 4. The Morgan fingerprint density at radius 3 is 2.04 bits per heavy atom. The van der Waals surface area contributed by atoms with Gasteiger partial charge in [0.05, 0.1) is 18.2 Å². The van der Waals surface area contributed by atoms with Crippen LogP contribution < -0.4 is 5.32 Å². The molecule has 2 amide bonds. The van der Waals surface area contributed by atoms with Crippen molar-refractivity contribution >= 4 is 23.9 Å². The minimum Gasteiger partial charge on any atom is -0.462 e. The molecule has 5 rings (SSSR count). The number of carbonyl (C=O) groups is 4. The summed E-state index contributed by atoms with van der Waals surface area (Å²) in [6.07, 6.45) is -1.61. The number of esters is 2. The second kappa shape index (κ2) is 15.2. The van der Waals surface area contributed by atoms with Gasteiger partial charge in [0.2, 0.25) is 5.91 Å². The number of nitrogens with one attached hydrogen (secondary N) is 1. The number of hydrogen-bond donors (Lipinski definition) is 1. The number of rotatable bonds is 11. The van der Waals surface area contributed by atoms with Crippen molar-refractivity contribution in [2.45, 2.75) is 90.4 Å². The fraction of sp³-hybridized carbons (Fsp3) is 0.436. The maximum Gasteiger partial charge on any atom is 0.410 e. The molecule has 0 saturated carbocycles. The highest BCUT2D eigenvalue weighted by molar-refractivity contribution is 5.90. The first-order valence-electron chi connectivity index (χ1n) is 16.8. The lowest BCUT2D eigenvalue weighted by molar-refractivity contribution is -0.157. The van der Waals surface area contributed by atoms with Gasteiger partial charge in [0.25, 0.3) is 0 Å². The molecule has 5 atom stereocenters. The summed E-state index contributed by atoms with van der Waals surface area (Å²) >= 11 is 0. The molecule has 10 heteroatoms. The van der Waals surface area contributed by atoms with E-state index >= 15 is 0 Å². The van der Waals surface area contributed by atoms with E-state index in [1.807, 2.05) is 87.5 Å². The zero-order valence-electron chi connectivity index (χ0n) is 29.0. The molecule has 1 N–H and O–H groups in total. The fourth-order valence-corrected chi connectivity index (χ4v) is 6.62. The van der Waals surface area contributed by atoms with Crippen LogP contribution in [0.25, 0.3) is 11.1 Å². The molecular weight excluding hydrogens is 624 g/mol. The molecule has 0 radical (unpaired) electrons. The maximum atomic E-state index is 14.1. The Kier molecular flexibility index (Phi) is 11.1. The Labute approximate surface area is 288 Å². The summed E-state index contributed by atoms with van der Waals surface area (Å²) in [6.45, 7) is 10.6. The van der Waals surface area contributed by atoms with E-state index in [-0.39, 0.29) is 32.1 Å². The summed E-state index contributed by atoms with van der Waals surface area (Å²) in [5.41, 5.74) is 4.63. The standard InChI is InChI=1S/C39H46N2O8/c1-24(25(2)48-26(3)42)35(37(44)46-22-27-14-8-7-9-15-27)40-36(43)34-20-28(49-39(4,5)6)21-41(34)38(45)47-23-33-31-18-12-10-16-29(31)30-17-11-13-19-32(30)33/h7-19,24-25,28,33-35H,20-23H2,1-6H3,(H,40,43)/t24-,25?,28+,34-,35?/m0/s1. The van der Waals surface area contributed by atoms with Crippen LogP contribution in [0.1, 0.15) is 70.6 Å². The maximum absolute atomic E-state index is 14.1. The van der Waals surface area contributed by atoms with Crippen LogP contribution in [0.3, 0.4) is 0 Å². The summed E-state index contributed by atoms with van der Waals surface area (Å²) in [6, 6.07) is 23.2. The molecule has 49 heavy (non-hydrogen) atoms. The average Bonchev–Trinajstić information content (AvgIpc) is 3.63. The minimum absolute atomic E-state index is 0.00247. The zero-order valence-corrected chi connectivity index (χ0v) is 29.0. The number of benzene rings is 3. The second-order valence-electron chi connectivity index (χ2n) is 13.8. The highest BCUT2D eigenvalue weighted by Crippen LogP contribution is 2.44. The van der Waals surface area contributed by atoms with Gasteiger partial charge in [-0.3, -0.25) is 14.5 Å². The Morgan fingerprint density at radius 2 is 1.45 bits per heavy atom. The third kappa shape index (κ3) is 8.67. The predicted octanol–water partition coefficient (Wildman–Crippen LogP) is 6.01. The number of hydrogen-bond acceptors (Lipinski definition) is 8. The van der Waals surface area contributed by atoms with Gasteiger partial charge in [-0.15, -0.1) is 0 Å². The van der Waals surface area contributed by atoms with Crippen LogP contribution in [0.15, 0.2) is 78.9 Å². The first-order valence-corrected chi connectivity index (χ1v) is 16.8. The van der Waals surface area contributed by atoms with Crippen molar-refractivity contribution in [2.24, 2.45) is 5.92 Å². The van der Waals surface area contributed by atoms with Gasteiger partial charge >= 0.3 is 18.0 Å². The van der Waals surface area contributed by atoms with Crippen LogP contribution >= 0.6 is 0 Å². The van der Waals surface area contributed by atoms with Gasteiger partial charge in [0, 0.05) is 25.2 Å². The Balaban J connectivity index is 1.34. The molecular formula is C39H46N2O8. The van der Waals surface area contributed by atoms with Crippen molar-refractivity contribution < 1.29 is 38.1 Å². The van der Waals surface area contributed by atoms with E-state index in [2.05, 4.69) is 17.4 Å². The van der Waals surface area contributed by atoms with E-state index < -0.39 is 59.7 Å². The number of fused-ring (bicyclic) bond motifs is 3. The predicted molar refractivity (Wildman–Crippen MR) is 183 cm³/mol. The van der Waals surface area contributed by atoms with Gasteiger partial charge in [0.15, 0.2) is 0 Å². The van der Waals surface area contributed by atoms with Crippen LogP contribution in [-0.4, -0.2) is 71.9 Å². The van der Waals surface area contributed by atoms with Crippen molar-refractivity contribution in [3.8, 4) is 11.1 Å². The minimum atomic E-state index is -1.17. The lowest BCUT2D eigenvalue weighted by atomic mass is 9.95. The van der Waals surface area contributed by atoms with Crippen LogP contribution in [-0.2, 0) is 39.9 Å². The molecule has 1 heterocycles. The monoisotopic (exact) mass is 670 g/mol. The molecule has 0 bridgehead atoms. The molecule has 1 aliphatic carbocycles. The Morgan fingerprint density at radius 1 is 0.857 bits per heavy atom. The molecule has 2 unspecified atom stereocenters. The van der Waals surface area contributed by atoms with E-state index in [4.69, 9.17) is 18.9 Å². The van der Waals surface area contributed by atoms with E-state index in [0.29, 0.717) is 0 Å². The number of carbonyl (C=O) groups excluding carboxylic acids is 4. The smallest absolute Gasteiger partial charge is 0.410 e.